The summed E-state index contributed by atoms with van der Waals surface area (Å²) in [5.41, 5.74) is 6.49. The summed E-state index contributed by atoms with van der Waals surface area (Å²) < 4.78 is 5.52. The van der Waals surface area contributed by atoms with Crippen molar-refractivity contribution in [3.8, 4) is 0 Å². The molecule has 1 saturated heterocycles. The van der Waals surface area contributed by atoms with E-state index in [2.05, 4.69) is 20.6 Å². The normalized spacial score (nSPS) is 16.6. The lowest BCUT2D eigenvalue weighted by Gasteiger charge is -2.13. The average Bonchev–Trinajstić information content (AvgIpc) is 3.12. The van der Waals surface area contributed by atoms with Crippen molar-refractivity contribution in [3.05, 3.63) is 46.0 Å². The molecule has 132 valence electrons. The van der Waals surface area contributed by atoms with E-state index in [1.54, 1.807) is 0 Å². The largest absolute Gasteiger partial charge is 0.378 e. The van der Waals surface area contributed by atoms with Gasteiger partial charge in [-0.25, -0.2) is 0 Å². The first-order valence-corrected chi connectivity index (χ1v) is 8.08. The second-order valence-electron chi connectivity index (χ2n) is 5.74. The zero-order chi connectivity index (χ0) is 17.6. The number of rotatable bonds is 7. The van der Waals surface area contributed by atoms with Crippen LogP contribution in [0.2, 0.25) is 0 Å². The predicted octanol–water partition coefficient (Wildman–Crippen LogP) is 2.17. The van der Waals surface area contributed by atoms with Crippen LogP contribution in [0, 0.1) is 10.1 Å². The molecule has 0 radical (unpaired) electrons. The maximum absolute atomic E-state index is 11.3. The fraction of sp³-hybridized carbons (Fsp3) is 0.375. The van der Waals surface area contributed by atoms with E-state index < -0.39 is 4.92 Å². The van der Waals surface area contributed by atoms with E-state index in [9.17, 15) is 10.1 Å². The van der Waals surface area contributed by atoms with Gasteiger partial charge in [-0.3, -0.25) is 10.1 Å². The first-order chi connectivity index (χ1) is 12.1. The van der Waals surface area contributed by atoms with Crippen LogP contribution in [0.5, 0.6) is 0 Å². The SMILES string of the molecule is Nc1nc(NCc2ccccc2)nc(NC[C@H]2CCCO2)c1[N+](=O)[O-]. The monoisotopic (exact) mass is 344 g/mol. The average molecular weight is 344 g/mol. The standard InChI is InChI=1S/C16H20N6O3/c17-14-13(22(23)24)15(18-10-12-7-4-8-25-12)21-16(20-14)19-9-11-5-2-1-3-6-11/h1-3,5-6,12H,4,7-10H2,(H4,17,18,19,20,21)/t12-/m1/s1. The number of benzene rings is 1. The van der Waals surface area contributed by atoms with Crippen molar-refractivity contribution in [2.75, 3.05) is 29.5 Å². The van der Waals surface area contributed by atoms with Crippen molar-refractivity contribution in [2.45, 2.75) is 25.5 Å². The topological polar surface area (TPSA) is 128 Å². The van der Waals surface area contributed by atoms with Gasteiger partial charge in [0, 0.05) is 19.7 Å². The summed E-state index contributed by atoms with van der Waals surface area (Å²) in [6.45, 7) is 1.64. The van der Waals surface area contributed by atoms with Gasteiger partial charge in [0.25, 0.3) is 0 Å². The Balaban J connectivity index is 1.75. The zero-order valence-electron chi connectivity index (χ0n) is 13.6. The van der Waals surface area contributed by atoms with E-state index in [1.165, 1.54) is 0 Å². The molecule has 0 spiro atoms. The highest BCUT2D eigenvalue weighted by Gasteiger charge is 2.24. The maximum Gasteiger partial charge on any atom is 0.353 e. The maximum atomic E-state index is 11.3. The quantitative estimate of drug-likeness (QED) is 0.515. The van der Waals surface area contributed by atoms with E-state index in [1.807, 2.05) is 30.3 Å². The molecule has 1 aliphatic rings. The number of nitro groups is 1. The molecule has 0 unspecified atom stereocenters. The summed E-state index contributed by atoms with van der Waals surface area (Å²) in [6, 6.07) is 9.70. The van der Waals surface area contributed by atoms with Crippen LogP contribution in [0.4, 0.5) is 23.3 Å². The van der Waals surface area contributed by atoms with Crippen LogP contribution in [0.15, 0.2) is 30.3 Å². The van der Waals surface area contributed by atoms with Crippen LogP contribution in [0.25, 0.3) is 0 Å². The van der Waals surface area contributed by atoms with E-state index >= 15 is 0 Å². The molecule has 9 nitrogen and oxygen atoms in total. The number of hydrogen-bond donors (Lipinski definition) is 3. The smallest absolute Gasteiger partial charge is 0.353 e. The number of nitrogens with zero attached hydrogens (tertiary/aromatic N) is 3. The molecule has 1 aromatic heterocycles. The Labute approximate surface area is 144 Å². The van der Waals surface area contributed by atoms with Crippen LogP contribution in [0.1, 0.15) is 18.4 Å². The minimum absolute atomic E-state index is 0.0246. The van der Waals surface area contributed by atoms with Gasteiger partial charge in [-0.2, -0.15) is 9.97 Å². The lowest BCUT2D eigenvalue weighted by Crippen LogP contribution is -2.20. The Bertz CT molecular complexity index is 734. The molecule has 2 aromatic rings. The molecule has 1 aromatic carbocycles. The van der Waals surface area contributed by atoms with Gasteiger partial charge in [0.15, 0.2) is 0 Å². The van der Waals surface area contributed by atoms with Gasteiger partial charge in [0.05, 0.1) is 11.0 Å². The second-order valence-corrected chi connectivity index (χ2v) is 5.74. The predicted molar refractivity (Wildman–Crippen MR) is 94.3 cm³/mol. The van der Waals surface area contributed by atoms with Gasteiger partial charge < -0.3 is 21.1 Å². The fourth-order valence-electron chi connectivity index (χ4n) is 2.65. The summed E-state index contributed by atoms with van der Waals surface area (Å²) in [4.78, 5) is 18.9. The van der Waals surface area contributed by atoms with Crippen LogP contribution in [-0.4, -0.2) is 34.1 Å². The van der Waals surface area contributed by atoms with Gasteiger partial charge in [-0.1, -0.05) is 30.3 Å². The van der Waals surface area contributed by atoms with Crippen LogP contribution >= 0.6 is 0 Å². The molecule has 4 N–H and O–H groups in total. The van der Waals surface area contributed by atoms with Crippen LogP contribution in [0.3, 0.4) is 0 Å². The molecule has 2 heterocycles. The fourth-order valence-corrected chi connectivity index (χ4v) is 2.65. The Hall–Kier alpha value is -2.94. The number of nitrogens with one attached hydrogen (secondary N) is 2. The summed E-state index contributed by atoms with van der Waals surface area (Å²) >= 11 is 0. The Kier molecular flexibility index (Phi) is 5.24. The third-order valence-corrected chi connectivity index (χ3v) is 3.91. The second kappa shape index (κ2) is 7.75. The van der Waals surface area contributed by atoms with Gasteiger partial charge in [0.2, 0.25) is 17.6 Å². The van der Waals surface area contributed by atoms with Crippen molar-refractivity contribution < 1.29 is 9.66 Å². The molecule has 0 aliphatic carbocycles. The number of hydrogen-bond acceptors (Lipinski definition) is 8. The molecule has 1 fully saturated rings. The highest BCUT2D eigenvalue weighted by Crippen LogP contribution is 2.29. The van der Waals surface area contributed by atoms with Gasteiger partial charge >= 0.3 is 5.69 Å². The molecule has 3 rings (SSSR count). The molecule has 9 heteroatoms. The Morgan fingerprint density at radius 1 is 1.28 bits per heavy atom. The van der Waals surface area contributed by atoms with Gasteiger partial charge in [-0.15, -0.1) is 0 Å². The van der Waals surface area contributed by atoms with Crippen molar-refractivity contribution in [1.82, 2.24) is 9.97 Å². The van der Waals surface area contributed by atoms with Crippen molar-refractivity contribution >= 4 is 23.3 Å². The number of nitrogen functional groups attached to an aromatic ring is 1. The van der Waals surface area contributed by atoms with Gasteiger partial charge in [0.1, 0.15) is 0 Å². The van der Waals surface area contributed by atoms with Crippen molar-refractivity contribution in [3.63, 3.8) is 0 Å². The molecule has 0 saturated carbocycles. The molecular formula is C16H20N6O3. The molecule has 0 bridgehead atoms. The Morgan fingerprint density at radius 2 is 2.08 bits per heavy atom. The Morgan fingerprint density at radius 3 is 2.76 bits per heavy atom. The highest BCUT2D eigenvalue weighted by molar-refractivity contribution is 5.69. The molecule has 0 amide bonds. The van der Waals surface area contributed by atoms with Crippen molar-refractivity contribution in [1.29, 1.82) is 0 Å². The van der Waals surface area contributed by atoms with Crippen molar-refractivity contribution in [2.24, 2.45) is 0 Å². The number of ether oxygens (including phenoxy) is 1. The minimum atomic E-state index is -0.575. The van der Waals surface area contributed by atoms with Gasteiger partial charge in [-0.05, 0) is 18.4 Å². The lowest BCUT2D eigenvalue weighted by atomic mass is 10.2. The summed E-state index contributed by atoms with van der Waals surface area (Å²) in [6.07, 6.45) is 1.93. The van der Waals surface area contributed by atoms with E-state index in [-0.39, 0.29) is 29.4 Å². The highest BCUT2D eigenvalue weighted by atomic mass is 16.6. The molecule has 1 atom stereocenters. The lowest BCUT2D eigenvalue weighted by molar-refractivity contribution is -0.383. The minimum Gasteiger partial charge on any atom is -0.378 e. The molecule has 25 heavy (non-hydrogen) atoms. The summed E-state index contributed by atoms with van der Waals surface area (Å²) in [7, 11) is 0. The zero-order valence-corrected chi connectivity index (χ0v) is 13.6. The van der Waals surface area contributed by atoms with Crippen LogP contribution < -0.4 is 16.4 Å². The molecule has 1 aliphatic heterocycles. The number of nitrogens with two attached hydrogens (primary N) is 1. The first kappa shape index (κ1) is 16.9. The van der Waals surface area contributed by atoms with E-state index in [0.29, 0.717) is 19.7 Å². The van der Waals surface area contributed by atoms with Crippen LogP contribution in [-0.2, 0) is 11.3 Å². The third kappa shape index (κ3) is 4.32. The number of anilines is 3. The first-order valence-electron chi connectivity index (χ1n) is 8.08. The van der Waals surface area contributed by atoms with E-state index in [0.717, 1.165) is 18.4 Å². The summed E-state index contributed by atoms with van der Waals surface area (Å²) in [5, 5.41) is 17.3. The molecular weight excluding hydrogens is 324 g/mol. The number of aromatic nitrogens is 2. The summed E-state index contributed by atoms with van der Waals surface area (Å²) in [5.74, 6) is 0.163. The van der Waals surface area contributed by atoms with E-state index in [4.69, 9.17) is 10.5 Å². The third-order valence-electron chi connectivity index (χ3n) is 3.91.